The molecule has 1 aliphatic heterocycles. The summed E-state index contributed by atoms with van der Waals surface area (Å²) < 4.78 is 2.25. The Labute approximate surface area is 130 Å². The monoisotopic (exact) mass is 311 g/mol. The standard InChI is InChI=1S/C14H25N5OS/c1-14(16-2,12(15)20)8-6-10-21-13-18-17-11-7-4-3-5-9-19(11)13/h16H,3-10H2,1-2H3,(H2,15,20). The number of hydrogen-bond acceptors (Lipinski definition) is 5. The summed E-state index contributed by atoms with van der Waals surface area (Å²) in [5.74, 6) is 1.74. The molecule has 1 aliphatic rings. The van der Waals surface area contributed by atoms with Gasteiger partial charge in [-0.05, 0) is 39.7 Å². The largest absolute Gasteiger partial charge is 0.368 e. The molecule has 0 aliphatic carbocycles. The Hall–Kier alpha value is -1.08. The van der Waals surface area contributed by atoms with Gasteiger partial charge in [-0.15, -0.1) is 10.2 Å². The number of nitrogens with zero attached hydrogens (tertiary/aromatic N) is 3. The van der Waals surface area contributed by atoms with Crippen LogP contribution in [0.5, 0.6) is 0 Å². The topological polar surface area (TPSA) is 85.8 Å². The maximum absolute atomic E-state index is 11.4. The lowest BCUT2D eigenvalue weighted by Crippen LogP contribution is -2.51. The zero-order chi connectivity index (χ0) is 15.3. The van der Waals surface area contributed by atoms with Crippen molar-refractivity contribution >= 4 is 17.7 Å². The lowest BCUT2D eigenvalue weighted by molar-refractivity contribution is -0.123. The number of hydrogen-bond donors (Lipinski definition) is 2. The van der Waals surface area contributed by atoms with Crippen molar-refractivity contribution in [3.8, 4) is 0 Å². The van der Waals surface area contributed by atoms with Gasteiger partial charge in [-0.1, -0.05) is 18.2 Å². The Kier molecular flexibility index (Phi) is 5.64. The van der Waals surface area contributed by atoms with E-state index in [1.165, 1.54) is 19.3 Å². The Morgan fingerprint density at radius 3 is 2.95 bits per heavy atom. The van der Waals surface area contributed by atoms with Gasteiger partial charge in [-0.3, -0.25) is 4.79 Å². The number of carbonyl (C=O) groups excluding carboxylic acids is 1. The van der Waals surface area contributed by atoms with Crippen LogP contribution in [0.3, 0.4) is 0 Å². The third-order valence-corrected chi connectivity index (χ3v) is 5.28. The van der Waals surface area contributed by atoms with Gasteiger partial charge in [0.05, 0.1) is 5.54 Å². The third-order valence-electron chi connectivity index (χ3n) is 4.22. The molecule has 21 heavy (non-hydrogen) atoms. The van der Waals surface area contributed by atoms with E-state index in [2.05, 4.69) is 20.1 Å². The minimum atomic E-state index is -0.623. The van der Waals surface area contributed by atoms with E-state index < -0.39 is 5.54 Å². The highest BCUT2D eigenvalue weighted by Crippen LogP contribution is 2.23. The molecule has 0 saturated carbocycles. The lowest BCUT2D eigenvalue weighted by atomic mass is 9.96. The van der Waals surface area contributed by atoms with Gasteiger partial charge in [0.25, 0.3) is 0 Å². The number of fused-ring (bicyclic) bond motifs is 1. The van der Waals surface area contributed by atoms with E-state index in [0.717, 1.165) is 42.5 Å². The number of nitrogens with two attached hydrogens (primary N) is 1. The number of carbonyl (C=O) groups is 1. The number of aromatic nitrogens is 3. The van der Waals surface area contributed by atoms with Gasteiger partial charge in [-0.25, -0.2) is 0 Å². The molecule has 0 saturated heterocycles. The third kappa shape index (κ3) is 3.97. The first-order chi connectivity index (χ1) is 10.1. The summed E-state index contributed by atoms with van der Waals surface area (Å²) in [6, 6.07) is 0. The number of likely N-dealkylation sites (N-methyl/N-ethyl adjacent to an activating group) is 1. The summed E-state index contributed by atoms with van der Waals surface area (Å²) in [5, 5.41) is 12.6. The van der Waals surface area contributed by atoms with Gasteiger partial charge >= 0.3 is 0 Å². The molecular formula is C14H25N5OS. The average molecular weight is 311 g/mol. The van der Waals surface area contributed by atoms with Crippen LogP contribution < -0.4 is 11.1 Å². The normalized spacial score (nSPS) is 17.8. The summed E-state index contributed by atoms with van der Waals surface area (Å²) in [4.78, 5) is 11.4. The second-order valence-corrected chi connectivity index (χ2v) is 6.82. The van der Waals surface area contributed by atoms with Crippen molar-refractivity contribution in [1.82, 2.24) is 20.1 Å². The maximum atomic E-state index is 11.4. The highest BCUT2D eigenvalue weighted by atomic mass is 32.2. The molecule has 0 bridgehead atoms. The molecule has 1 aromatic heterocycles. The van der Waals surface area contributed by atoms with Crippen molar-refractivity contribution in [1.29, 1.82) is 0 Å². The number of nitrogens with one attached hydrogen (secondary N) is 1. The zero-order valence-electron chi connectivity index (χ0n) is 12.9. The fourth-order valence-electron chi connectivity index (χ4n) is 2.53. The molecule has 0 spiro atoms. The quantitative estimate of drug-likeness (QED) is 0.586. The number of amides is 1. The van der Waals surface area contributed by atoms with Crippen molar-refractivity contribution in [2.45, 2.75) is 62.7 Å². The Morgan fingerprint density at radius 1 is 1.43 bits per heavy atom. The molecule has 0 aromatic carbocycles. The molecule has 1 unspecified atom stereocenters. The Balaban J connectivity index is 1.84. The van der Waals surface area contributed by atoms with Crippen molar-refractivity contribution < 1.29 is 4.79 Å². The van der Waals surface area contributed by atoms with Crippen LogP contribution in [0, 0.1) is 0 Å². The van der Waals surface area contributed by atoms with Gasteiger partial charge < -0.3 is 15.6 Å². The summed E-state index contributed by atoms with van der Waals surface area (Å²) in [7, 11) is 1.77. The predicted octanol–water partition coefficient (Wildman–Crippen LogP) is 1.34. The summed E-state index contributed by atoms with van der Waals surface area (Å²) in [5.41, 5.74) is 4.81. The highest BCUT2D eigenvalue weighted by molar-refractivity contribution is 7.99. The van der Waals surface area contributed by atoms with Crippen LogP contribution in [-0.4, -0.2) is 39.0 Å². The molecule has 1 atom stereocenters. The zero-order valence-corrected chi connectivity index (χ0v) is 13.7. The smallest absolute Gasteiger partial charge is 0.237 e. The van der Waals surface area contributed by atoms with E-state index in [0.29, 0.717) is 0 Å². The van der Waals surface area contributed by atoms with Gasteiger partial charge in [0.15, 0.2) is 5.16 Å². The van der Waals surface area contributed by atoms with Crippen molar-refractivity contribution in [2.75, 3.05) is 12.8 Å². The number of aryl methyl sites for hydroxylation is 1. The van der Waals surface area contributed by atoms with Crippen LogP contribution in [0.4, 0.5) is 0 Å². The molecule has 6 nitrogen and oxygen atoms in total. The fourth-order valence-corrected chi connectivity index (χ4v) is 3.45. The van der Waals surface area contributed by atoms with E-state index >= 15 is 0 Å². The van der Waals surface area contributed by atoms with E-state index in [4.69, 9.17) is 5.73 Å². The minimum absolute atomic E-state index is 0.300. The fraction of sp³-hybridized carbons (Fsp3) is 0.786. The number of primary amides is 1. The molecule has 2 rings (SSSR count). The van der Waals surface area contributed by atoms with E-state index in [-0.39, 0.29) is 5.91 Å². The minimum Gasteiger partial charge on any atom is -0.368 e. The average Bonchev–Trinajstić information content (AvgIpc) is 2.70. The van der Waals surface area contributed by atoms with Crippen LogP contribution in [0.2, 0.25) is 0 Å². The predicted molar refractivity (Wildman–Crippen MR) is 84.2 cm³/mol. The number of thioether (sulfide) groups is 1. The molecule has 1 aromatic rings. The van der Waals surface area contributed by atoms with Gasteiger partial charge in [0.2, 0.25) is 5.91 Å². The Bertz CT molecular complexity index is 490. The molecule has 0 radical (unpaired) electrons. The summed E-state index contributed by atoms with van der Waals surface area (Å²) >= 11 is 1.72. The van der Waals surface area contributed by atoms with Crippen LogP contribution in [0.15, 0.2) is 5.16 Å². The lowest BCUT2D eigenvalue weighted by Gasteiger charge is -2.25. The molecule has 3 N–H and O–H groups in total. The second-order valence-electron chi connectivity index (χ2n) is 5.76. The molecule has 2 heterocycles. The van der Waals surface area contributed by atoms with E-state index in [9.17, 15) is 4.79 Å². The van der Waals surface area contributed by atoms with Crippen molar-refractivity contribution in [3.63, 3.8) is 0 Å². The van der Waals surface area contributed by atoms with Crippen LogP contribution in [0.25, 0.3) is 0 Å². The van der Waals surface area contributed by atoms with Gasteiger partial charge in [-0.2, -0.15) is 0 Å². The van der Waals surface area contributed by atoms with Crippen molar-refractivity contribution in [3.05, 3.63) is 5.82 Å². The first kappa shape index (κ1) is 16.3. The Morgan fingerprint density at radius 2 is 2.24 bits per heavy atom. The van der Waals surface area contributed by atoms with Crippen molar-refractivity contribution in [2.24, 2.45) is 5.73 Å². The van der Waals surface area contributed by atoms with E-state index in [1.54, 1.807) is 18.8 Å². The molecule has 0 fully saturated rings. The second kappa shape index (κ2) is 7.26. The van der Waals surface area contributed by atoms with Gasteiger partial charge in [0, 0.05) is 18.7 Å². The molecule has 1 amide bonds. The summed E-state index contributed by atoms with van der Waals surface area (Å²) in [6.45, 7) is 2.88. The van der Waals surface area contributed by atoms with E-state index in [1.807, 2.05) is 6.92 Å². The number of rotatable bonds is 7. The first-order valence-electron chi connectivity index (χ1n) is 7.60. The molecular weight excluding hydrogens is 286 g/mol. The van der Waals surface area contributed by atoms with Gasteiger partial charge in [0.1, 0.15) is 5.82 Å². The SMILES string of the molecule is CNC(C)(CCCSc1nnc2n1CCCCC2)C(N)=O. The molecule has 7 heteroatoms. The first-order valence-corrected chi connectivity index (χ1v) is 8.59. The van der Waals surface area contributed by atoms with Crippen LogP contribution in [-0.2, 0) is 17.8 Å². The highest BCUT2D eigenvalue weighted by Gasteiger charge is 2.28. The molecule has 118 valence electrons. The summed E-state index contributed by atoms with van der Waals surface area (Å²) in [6.07, 6.45) is 6.36. The maximum Gasteiger partial charge on any atom is 0.237 e. The van der Waals surface area contributed by atoms with Crippen LogP contribution in [0.1, 0.15) is 44.9 Å². The van der Waals surface area contributed by atoms with Crippen LogP contribution >= 0.6 is 11.8 Å².